The predicted octanol–water partition coefficient (Wildman–Crippen LogP) is 3.18. The Hall–Kier alpha value is -2.45. The minimum Gasteiger partial charge on any atom is -0.480 e. The quantitative estimate of drug-likeness (QED) is 0.844. The van der Waals surface area contributed by atoms with E-state index in [1.54, 1.807) is 35.4 Å². The maximum atomic E-state index is 12.7. The van der Waals surface area contributed by atoms with Gasteiger partial charge >= 0.3 is 0 Å². The van der Waals surface area contributed by atoms with E-state index in [0.29, 0.717) is 36.0 Å². The number of carbonyl (C=O) groups is 1. The third-order valence-electron chi connectivity index (χ3n) is 3.70. The molecule has 0 fully saturated rings. The molecular weight excluding hydrogens is 316 g/mol. The highest BCUT2D eigenvalue weighted by Gasteiger charge is 2.32. The number of benzene rings is 1. The number of hydrogen-bond acceptors (Lipinski definition) is 4. The van der Waals surface area contributed by atoms with Gasteiger partial charge in [0, 0.05) is 18.0 Å². The number of amides is 1. The third-order valence-corrected chi connectivity index (χ3v) is 3.94. The van der Waals surface area contributed by atoms with E-state index in [0.717, 1.165) is 5.56 Å². The van der Waals surface area contributed by atoms with Gasteiger partial charge in [-0.25, -0.2) is 0 Å². The molecule has 5 nitrogen and oxygen atoms in total. The van der Waals surface area contributed by atoms with Gasteiger partial charge in [0.25, 0.3) is 5.91 Å². The molecule has 118 valence electrons. The van der Waals surface area contributed by atoms with Gasteiger partial charge < -0.3 is 14.1 Å². The lowest BCUT2D eigenvalue weighted by molar-refractivity contribution is -0.138. The van der Waals surface area contributed by atoms with Crippen LogP contribution in [0.25, 0.3) is 0 Å². The lowest BCUT2D eigenvalue weighted by atomic mass is 10.1. The Morgan fingerprint density at radius 1 is 1.43 bits per heavy atom. The summed E-state index contributed by atoms with van der Waals surface area (Å²) in [4.78, 5) is 14.3. The molecule has 1 aliphatic rings. The highest BCUT2D eigenvalue weighted by molar-refractivity contribution is 6.30. The molecule has 0 saturated heterocycles. The number of hydrogen-bond donors (Lipinski definition) is 0. The van der Waals surface area contributed by atoms with E-state index in [9.17, 15) is 4.79 Å². The lowest BCUT2D eigenvalue weighted by Crippen LogP contribution is -2.41. The first kappa shape index (κ1) is 15.4. The average molecular weight is 331 g/mol. The number of nitriles is 1. The monoisotopic (exact) mass is 330 g/mol. The molecule has 1 amide bonds. The molecule has 0 radical (unpaired) electrons. The molecular formula is C17H15ClN2O3. The second-order valence-corrected chi connectivity index (χ2v) is 5.75. The van der Waals surface area contributed by atoms with Gasteiger partial charge in [-0.1, -0.05) is 11.6 Å². The van der Waals surface area contributed by atoms with Crippen molar-refractivity contribution in [1.82, 2.24) is 4.90 Å². The third kappa shape index (κ3) is 3.49. The molecule has 0 aliphatic carbocycles. The molecule has 1 aromatic heterocycles. The van der Waals surface area contributed by atoms with Crippen LogP contribution in [-0.4, -0.2) is 23.5 Å². The van der Waals surface area contributed by atoms with E-state index in [1.165, 1.54) is 0 Å². The maximum absolute atomic E-state index is 12.7. The normalized spacial score (nSPS) is 15.6. The summed E-state index contributed by atoms with van der Waals surface area (Å²) in [5.74, 6) is 1.21. The van der Waals surface area contributed by atoms with E-state index < -0.39 is 6.10 Å². The SMILES string of the molecule is N#CCCN(Cc1ccco1)C(=O)[C@H]1Cc2cc(Cl)ccc2O1. The fraction of sp³-hybridized carbons (Fsp3) is 0.294. The van der Waals surface area contributed by atoms with Gasteiger partial charge in [0.2, 0.25) is 0 Å². The number of rotatable bonds is 5. The van der Waals surface area contributed by atoms with Crippen molar-refractivity contribution in [2.45, 2.75) is 25.5 Å². The number of ether oxygens (including phenoxy) is 1. The van der Waals surface area contributed by atoms with Crippen LogP contribution in [0.2, 0.25) is 5.02 Å². The molecule has 2 aromatic rings. The van der Waals surface area contributed by atoms with Gasteiger partial charge in [-0.15, -0.1) is 0 Å². The summed E-state index contributed by atoms with van der Waals surface area (Å²) in [6.07, 6.45) is 1.72. The van der Waals surface area contributed by atoms with Gasteiger partial charge in [0.15, 0.2) is 6.10 Å². The summed E-state index contributed by atoms with van der Waals surface area (Å²) in [7, 11) is 0. The Balaban J connectivity index is 1.72. The van der Waals surface area contributed by atoms with E-state index >= 15 is 0 Å². The smallest absolute Gasteiger partial charge is 0.264 e. The second kappa shape index (κ2) is 6.76. The number of carbonyl (C=O) groups excluding carboxylic acids is 1. The van der Waals surface area contributed by atoms with Crippen LogP contribution in [0.4, 0.5) is 0 Å². The first-order valence-electron chi connectivity index (χ1n) is 7.30. The van der Waals surface area contributed by atoms with Crippen molar-refractivity contribution in [3.63, 3.8) is 0 Å². The fourth-order valence-electron chi connectivity index (χ4n) is 2.60. The van der Waals surface area contributed by atoms with Crippen molar-refractivity contribution in [2.24, 2.45) is 0 Å². The van der Waals surface area contributed by atoms with Crippen LogP contribution >= 0.6 is 11.6 Å². The van der Waals surface area contributed by atoms with Crippen molar-refractivity contribution >= 4 is 17.5 Å². The number of fused-ring (bicyclic) bond motifs is 1. The van der Waals surface area contributed by atoms with Crippen LogP contribution in [0.15, 0.2) is 41.0 Å². The standard InChI is InChI=1S/C17H15ClN2O3/c18-13-4-5-15-12(9-13)10-16(23-15)17(21)20(7-2-6-19)11-14-3-1-8-22-14/h1,3-5,8-9,16H,2,7,10-11H2/t16-/m1/s1. The zero-order valence-corrected chi connectivity index (χ0v) is 13.1. The van der Waals surface area contributed by atoms with Crippen LogP contribution in [0.1, 0.15) is 17.7 Å². The summed E-state index contributed by atoms with van der Waals surface area (Å²) >= 11 is 5.98. The second-order valence-electron chi connectivity index (χ2n) is 5.31. The zero-order chi connectivity index (χ0) is 16.2. The van der Waals surface area contributed by atoms with Crippen LogP contribution in [0, 0.1) is 11.3 Å². The fourth-order valence-corrected chi connectivity index (χ4v) is 2.80. The molecule has 0 unspecified atom stereocenters. The van der Waals surface area contributed by atoms with E-state index in [2.05, 4.69) is 6.07 Å². The molecule has 0 N–H and O–H groups in total. The number of halogens is 1. The van der Waals surface area contributed by atoms with Gasteiger partial charge in [0.05, 0.1) is 25.3 Å². The van der Waals surface area contributed by atoms with Crippen LogP contribution < -0.4 is 4.74 Å². The first-order valence-corrected chi connectivity index (χ1v) is 7.68. The number of nitrogens with zero attached hydrogens (tertiary/aromatic N) is 2. The molecule has 0 saturated carbocycles. The Morgan fingerprint density at radius 3 is 3.04 bits per heavy atom. The topological polar surface area (TPSA) is 66.5 Å². The minimum absolute atomic E-state index is 0.149. The highest BCUT2D eigenvalue weighted by Crippen LogP contribution is 2.31. The van der Waals surface area contributed by atoms with Gasteiger partial charge in [-0.05, 0) is 35.9 Å². The minimum atomic E-state index is -0.586. The summed E-state index contributed by atoms with van der Waals surface area (Å²) in [6, 6.07) is 11.0. The molecule has 23 heavy (non-hydrogen) atoms. The van der Waals surface area contributed by atoms with E-state index in [1.807, 2.05) is 6.07 Å². The molecule has 2 heterocycles. The van der Waals surface area contributed by atoms with Crippen molar-refractivity contribution in [3.8, 4) is 11.8 Å². The summed E-state index contributed by atoms with van der Waals surface area (Å²) in [5.41, 5.74) is 0.925. The van der Waals surface area contributed by atoms with Crippen LogP contribution in [0.5, 0.6) is 5.75 Å². The molecule has 0 bridgehead atoms. The molecule has 1 atom stereocenters. The molecule has 0 spiro atoms. The van der Waals surface area contributed by atoms with E-state index in [-0.39, 0.29) is 12.3 Å². The average Bonchev–Trinajstić information content (AvgIpc) is 3.19. The maximum Gasteiger partial charge on any atom is 0.264 e. The van der Waals surface area contributed by atoms with Gasteiger partial charge in [-0.2, -0.15) is 5.26 Å². The predicted molar refractivity (Wildman–Crippen MR) is 83.9 cm³/mol. The van der Waals surface area contributed by atoms with Crippen molar-refractivity contribution in [1.29, 1.82) is 5.26 Å². The van der Waals surface area contributed by atoms with Crippen molar-refractivity contribution < 1.29 is 13.9 Å². The molecule has 3 rings (SSSR count). The Bertz CT molecular complexity index is 737. The molecule has 1 aliphatic heterocycles. The molecule has 6 heteroatoms. The Morgan fingerprint density at radius 2 is 2.30 bits per heavy atom. The first-order chi connectivity index (χ1) is 11.2. The van der Waals surface area contributed by atoms with Crippen LogP contribution in [0.3, 0.4) is 0 Å². The van der Waals surface area contributed by atoms with Gasteiger partial charge in [0.1, 0.15) is 11.5 Å². The molecule has 1 aromatic carbocycles. The Labute approximate surface area is 139 Å². The van der Waals surface area contributed by atoms with E-state index in [4.69, 9.17) is 26.0 Å². The summed E-state index contributed by atoms with van der Waals surface area (Å²) in [6.45, 7) is 0.664. The zero-order valence-electron chi connectivity index (χ0n) is 12.4. The van der Waals surface area contributed by atoms with Crippen LogP contribution in [-0.2, 0) is 17.8 Å². The largest absolute Gasteiger partial charge is 0.480 e. The van der Waals surface area contributed by atoms with Gasteiger partial charge in [-0.3, -0.25) is 4.79 Å². The summed E-state index contributed by atoms with van der Waals surface area (Å²) in [5, 5.41) is 9.43. The highest BCUT2D eigenvalue weighted by atomic mass is 35.5. The summed E-state index contributed by atoms with van der Waals surface area (Å²) < 4.78 is 11.0. The number of furan rings is 1. The Kier molecular flexibility index (Phi) is 4.54. The van der Waals surface area contributed by atoms with Crippen molar-refractivity contribution in [2.75, 3.05) is 6.54 Å². The lowest BCUT2D eigenvalue weighted by Gasteiger charge is -2.23. The van der Waals surface area contributed by atoms with Crippen molar-refractivity contribution in [3.05, 3.63) is 52.9 Å².